The number of benzene rings is 1. The predicted octanol–water partition coefficient (Wildman–Crippen LogP) is 3.90. The fraction of sp³-hybridized carbons (Fsp3) is 0.421. The summed E-state index contributed by atoms with van der Waals surface area (Å²) in [6.07, 6.45) is 5.77. The maximum Gasteiger partial charge on any atom is 0.272 e. The molecule has 0 spiro atoms. The van der Waals surface area contributed by atoms with Gasteiger partial charge < -0.3 is 10.6 Å². The van der Waals surface area contributed by atoms with Crippen LogP contribution in [0, 0.1) is 13.8 Å². The van der Waals surface area contributed by atoms with Gasteiger partial charge in [-0.05, 0) is 62.1 Å². The fourth-order valence-electron chi connectivity index (χ4n) is 2.99. The zero-order valence-corrected chi connectivity index (χ0v) is 14.3. The Morgan fingerprint density at radius 2 is 1.79 bits per heavy atom. The first-order valence-corrected chi connectivity index (χ1v) is 8.61. The van der Waals surface area contributed by atoms with Crippen molar-refractivity contribution in [2.24, 2.45) is 0 Å². The standard InChI is InChI=1S/C19H24N4O/c1-13-8-9-16(12-14(13)2)20-18-11-10-17(22-23-18)19(24)21-15-6-4-3-5-7-15/h8-12,15H,3-7H2,1-2H3,(H,20,23)(H,21,24). The molecule has 24 heavy (non-hydrogen) atoms. The first kappa shape index (κ1) is 16.4. The summed E-state index contributed by atoms with van der Waals surface area (Å²) in [5.74, 6) is 0.500. The molecule has 126 valence electrons. The molecule has 2 N–H and O–H groups in total. The molecular formula is C19H24N4O. The number of aryl methyl sites for hydroxylation is 2. The molecule has 0 radical (unpaired) electrons. The van der Waals surface area contributed by atoms with E-state index < -0.39 is 0 Å². The minimum absolute atomic E-state index is 0.132. The third-order valence-electron chi connectivity index (χ3n) is 4.62. The summed E-state index contributed by atoms with van der Waals surface area (Å²) in [6, 6.07) is 9.93. The molecule has 2 aromatic rings. The molecule has 1 fully saturated rings. The van der Waals surface area contributed by atoms with Gasteiger partial charge in [-0.25, -0.2) is 0 Å². The van der Waals surface area contributed by atoms with Crippen molar-refractivity contribution >= 4 is 17.4 Å². The van der Waals surface area contributed by atoms with Crippen molar-refractivity contribution in [2.45, 2.75) is 52.0 Å². The molecule has 0 bridgehead atoms. The van der Waals surface area contributed by atoms with Gasteiger partial charge in [-0.15, -0.1) is 10.2 Å². The van der Waals surface area contributed by atoms with Crippen molar-refractivity contribution < 1.29 is 4.79 Å². The molecule has 3 rings (SSSR count). The number of hydrogen-bond acceptors (Lipinski definition) is 4. The molecule has 1 aromatic heterocycles. The highest BCUT2D eigenvalue weighted by Crippen LogP contribution is 2.19. The molecule has 0 atom stereocenters. The molecule has 1 saturated carbocycles. The van der Waals surface area contributed by atoms with Crippen LogP contribution in [0.15, 0.2) is 30.3 Å². The highest BCUT2D eigenvalue weighted by atomic mass is 16.2. The highest BCUT2D eigenvalue weighted by molar-refractivity contribution is 5.92. The van der Waals surface area contributed by atoms with E-state index in [1.165, 1.54) is 30.4 Å². The summed E-state index contributed by atoms with van der Waals surface area (Å²) < 4.78 is 0. The van der Waals surface area contributed by atoms with Crippen LogP contribution >= 0.6 is 0 Å². The lowest BCUT2D eigenvalue weighted by Crippen LogP contribution is -2.36. The molecule has 1 heterocycles. The number of nitrogens with zero attached hydrogens (tertiary/aromatic N) is 2. The second-order valence-electron chi connectivity index (χ2n) is 6.54. The maximum atomic E-state index is 12.2. The predicted molar refractivity (Wildman–Crippen MR) is 95.6 cm³/mol. The molecular weight excluding hydrogens is 300 g/mol. The third-order valence-corrected chi connectivity index (χ3v) is 4.62. The second-order valence-corrected chi connectivity index (χ2v) is 6.54. The Morgan fingerprint density at radius 1 is 1.00 bits per heavy atom. The topological polar surface area (TPSA) is 66.9 Å². The number of carbonyl (C=O) groups excluding carboxylic acids is 1. The Bertz CT molecular complexity index is 706. The molecule has 1 amide bonds. The molecule has 0 aliphatic heterocycles. The zero-order chi connectivity index (χ0) is 16.9. The Morgan fingerprint density at radius 3 is 2.46 bits per heavy atom. The minimum Gasteiger partial charge on any atom is -0.348 e. The van der Waals surface area contributed by atoms with E-state index in [4.69, 9.17) is 0 Å². The quantitative estimate of drug-likeness (QED) is 0.895. The Kier molecular flexibility index (Phi) is 5.08. The fourth-order valence-corrected chi connectivity index (χ4v) is 2.99. The molecule has 1 aromatic carbocycles. The largest absolute Gasteiger partial charge is 0.348 e. The number of hydrogen-bond donors (Lipinski definition) is 2. The van der Waals surface area contributed by atoms with Gasteiger partial charge in [0.2, 0.25) is 0 Å². The minimum atomic E-state index is -0.132. The van der Waals surface area contributed by atoms with Crippen molar-refractivity contribution in [3.63, 3.8) is 0 Å². The van der Waals surface area contributed by atoms with Gasteiger partial charge in [-0.1, -0.05) is 25.3 Å². The van der Waals surface area contributed by atoms with Crippen LogP contribution in [0.5, 0.6) is 0 Å². The lowest BCUT2D eigenvalue weighted by molar-refractivity contribution is 0.0921. The highest BCUT2D eigenvalue weighted by Gasteiger charge is 2.17. The molecule has 1 aliphatic rings. The van der Waals surface area contributed by atoms with E-state index in [2.05, 4.69) is 46.8 Å². The maximum absolute atomic E-state index is 12.2. The summed E-state index contributed by atoms with van der Waals surface area (Å²) in [7, 11) is 0. The van der Waals surface area contributed by atoms with Gasteiger partial charge in [0, 0.05) is 11.7 Å². The molecule has 1 aliphatic carbocycles. The van der Waals surface area contributed by atoms with Crippen LogP contribution in [0.2, 0.25) is 0 Å². The van der Waals surface area contributed by atoms with Crippen LogP contribution in [-0.2, 0) is 0 Å². The zero-order valence-electron chi connectivity index (χ0n) is 14.3. The number of anilines is 2. The van der Waals surface area contributed by atoms with Crippen molar-refractivity contribution in [2.75, 3.05) is 5.32 Å². The second kappa shape index (κ2) is 7.43. The van der Waals surface area contributed by atoms with Crippen molar-refractivity contribution in [3.05, 3.63) is 47.2 Å². The van der Waals surface area contributed by atoms with Crippen LogP contribution in [0.25, 0.3) is 0 Å². The third kappa shape index (κ3) is 4.10. The average molecular weight is 324 g/mol. The first-order chi connectivity index (χ1) is 11.6. The normalized spacial score (nSPS) is 15.1. The SMILES string of the molecule is Cc1ccc(Nc2ccc(C(=O)NC3CCCCC3)nn2)cc1C. The average Bonchev–Trinajstić information content (AvgIpc) is 2.60. The lowest BCUT2D eigenvalue weighted by atomic mass is 9.95. The summed E-state index contributed by atoms with van der Waals surface area (Å²) in [5, 5.41) is 14.4. The van der Waals surface area contributed by atoms with E-state index in [0.29, 0.717) is 11.5 Å². The number of nitrogens with one attached hydrogen (secondary N) is 2. The van der Waals surface area contributed by atoms with E-state index in [9.17, 15) is 4.79 Å². The molecule has 0 unspecified atom stereocenters. The van der Waals surface area contributed by atoms with Crippen LogP contribution < -0.4 is 10.6 Å². The van der Waals surface area contributed by atoms with Crippen LogP contribution in [0.4, 0.5) is 11.5 Å². The number of aromatic nitrogens is 2. The van der Waals surface area contributed by atoms with Crippen LogP contribution in [-0.4, -0.2) is 22.1 Å². The van der Waals surface area contributed by atoms with Crippen LogP contribution in [0.1, 0.15) is 53.7 Å². The summed E-state index contributed by atoms with van der Waals surface area (Å²) in [6.45, 7) is 4.16. The van der Waals surface area contributed by atoms with Gasteiger partial charge >= 0.3 is 0 Å². The molecule has 5 heteroatoms. The van der Waals surface area contributed by atoms with E-state index in [-0.39, 0.29) is 11.9 Å². The lowest BCUT2D eigenvalue weighted by Gasteiger charge is -2.22. The summed E-state index contributed by atoms with van der Waals surface area (Å²) in [4.78, 5) is 12.2. The number of rotatable bonds is 4. The number of carbonyl (C=O) groups is 1. The Labute approximate surface area is 142 Å². The molecule has 0 saturated heterocycles. The Hall–Kier alpha value is -2.43. The van der Waals surface area contributed by atoms with E-state index in [1.807, 2.05) is 6.07 Å². The van der Waals surface area contributed by atoms with E-state index >= 15 is 0 Å². The van der Waals surface area contributed by atoms with E-state index in [0.717, 1.165) is 18.5 Å². The first-order valence-electron chi connectivity index (χ1n) is 8.61. The van der Waals surface area contributed by atoms with E-state index in [1.54, 1.807) is 12.1 Å². The van der Waals surface area contributed by atoms with Gasteiger partial charge in [0.15, 0.2) is 11.5 Å². The number of amides is 1. The van der Waals surface area contributed by atoms with Gasteiger partial charge in [-0.3, -0.25) is 4.79 Å². The van der Waals surface area contributed by atoms with Gasteiger partial charge in [0.05, 0.1) is 0 Å². The Balaban J connectivity index is 1.61. The monoisotopic (exact) mass is 324 g/mol. The molecule has 5 nitrogen and oxygen atoms in total. The summed E-state index contributed by atoms with van der Waals surface area (Å²) >= 11 is 0. The van der Waals surface area contributed by atoms with Gasteiger partial charge in [0.1, 0.15) is 0 Å². The van der Waals surface area contributed by atoms with Crippen molar-refractivity contribution in [1.82, 2.24) is 15.5 Å². The van der Waals surface area contributed by atoms with Gasteiger partial charge in [-0.2, -0.15) is 0 Å². The smallest absolute Gasteiger partial charge is 0.272 e. The summed E-state index contributed by atoms with van der Waals surface area (Å²) in [5.41, 5.74) is 3.80. The van der Waals surface area contributed by atoms with Gasteiger partial charge in [0.25, 0.3) is 5.91 Å². The van der Waals surface area contributed by atoms with Crippen molar-refractivity contribution in [3.8, 4) is 0 Å². The van der Waals surface area contributed by atoms with Crippen molar-refractivity contribution in [1.29, 1.82) is 0 Å². The van der Waals surface area contributed by atoms with Crippen LogP contribution in [0.3, 0.4) is 0 Å².